The van der Waals surface area contributed by atoms with Gasteiger partial charge in [0.25, 0.3) is 5.91 Å². The van der Waals surface area contributed by atoms with Crippen LogP contribution in [-0.2, 0) is 0 Å². The van der Waals surface area contributed by atoms with Crippen molar-refractivity contribution in [3.05, 3.63) is 87.4 Å². The molecule has 8 nitrogen and oxygen atoms in total. The highest BCUT2D eigenvalue weighted by molar-refractivity contribution is 6.10. The molecule has 8 heteroatoms. The van der Waals surface area contributed by atoms with Gasteiger partial charge in [-0.15, -0.1) is 0 Å². The Bertz CT molecular complexity index is 1470. The Hall–Kier alpha value is -4.33. The molecule has 0 N–H and O–H groups in total. The van der Waals surface area contributed by atoms with Crippen LogP contribution in [0.5, 0.6) is 17.2 Å². The number of ether oxygens (including phenoxy) is 3. The van der Waals surface area contributed by atoms with Gasteiger partial charge >= 0.3 is 0 Å². The Kier molecular flexibility index (Phi) is 5.20. The van der Waals surface area contributed by atoms with Crippen LogP contribution in [0.4, 0.5) is 5.82 Å². The lowest BCUT2D eigenvalue weighted by atomic mass is 9.97. The van der Waals surface area contributed by atoms with Crippen molar-refractivity contribution in [3.8, 4) is 17.2 Å². The Balaban J connectivity index is 1.84. The van der Waals surface area contributed by atoms with Crippen LogP contribution in [-0.4, -0.2) is 32.2 Å². The van der Waals surface area contributed by atoms with Crippen LogP contribution in [0.3, 0.4) is 0 Å². The lowest BCUT2D eigenvalue weighted by Crippen LogP contribution is -2.30. The molecule has 0 saturated heterocycles. The summed E-state index contributed by atoms with van der Waals surface area (Å²) in [5.74, 6) is 1.16. The van der Waals surface area contributed by atoms with E-state index < -0.39 is 11.9 Å². The number of hydrogen-bond donors (Lipinski definition) is 0. The summed E-state index contributed by atoms with van der Waals surface area (Å²) >= 11 is 0. The third-order valence-corrected chi connectivity index (χ3v) is 5.93. The number of rotatable bonds is 5. The van der Waals surface area contributed by atoms with Crippen LogP contribution in [0, 0.1) is 6.92 Å². The quantitative estimate of drug-likeness (QED) is 0.441. The maximum absolute atomic E-state index is 13.7. The van der Waals surface area contributed by atoms with Crippen molar-refractivity contribution in [3.63, 3.8) is 0 Å². The summed E-state index contributed by atoms with van der Waals surface area (Å²) in [5.41, 5.74) is 1.82. The zero-order valence-corrected chi connectivity index (χ0v) is 19.1. The van der Waals surface area contributed by atoms with Gasteiger partial charge in [-0.25, -0.2) is 4.98 Å². The lowest BCUT2D eigenvalue weighted by molar-refractivity contribution is 0.0970. The third-order valence-electron chi connectivity index (χ3n) is 5.93. The van der Waals surface area contributed by atoms with Gasteiger partial charge in [-0.1, -0.05) is 12.1 Å². The molecule has 2 aromatic heterocycles. The van der Waals surface area contributed by atoms with Gasteiger partial charge in [0.1, 0.15) is 11.4 Å². The Morgan fingerprint density at radius 3 is 2.29 bits per heavy atom. The summed E-state index contributed by atoms with van der Waals surface area (Å²) in [5, 5.41) is 0.394. The van der Waals surface area contributed by atoms with Crippen molar-refractivity contribution in [1.29, 1.82) is 0 Å². The number of fused-ring (bicyclic) bond motifs is 2. The fourth-order valence-corrected chi connectivity index (χ4v) is 4.38. The van der Waals surface area contributed by atoms with Crippen molar-refractivity contribution >= 4 is 22.7 Å². The molecular weight excluding hydrogens is 436 g/mol. The molecule has 1 atom stereocenters. The number of para-hydroxylation sites is 1. The predicted octanol–water partition coefficient (Wildman–Crippen LogP) is 4.27. The standard InChI is InChI=1S/C26H22N2O6/c1-14-9-10-27-20(11-14)28-22(15-12-18(31-2)24(33-4)19(13-15)32-3)21-23(29)16-7-5-6-8-17(16)34-25(21)26(28)30/h5-13,22H,1-4H3/t22-/m1/s1. The van der Waals surface area contributed by atoms with Crippen molar-refractivity contribution in [2.45, 2.75) is 13.0 Å². The first-order valence-electron chi connectivity index (χ1n) is 10.6. The number of nitrogens with zero attached hydrogens (tertiary/aromatic N) is 2. The smallest absolute Gasteiger partial charge is 0.296 e. The van der Waals surface area contributed by atoms with Gasteiger partial charge in [0.05, 0.1) is 38.3 Å². The molecule has 4 aromatic rings. The first-order chi connectivity index (χ1) is 16.5. The van der Waals surface area contributed by atoms with Crippen molar-refractivity contribution in [1.82, 2.24) is 4.98 Å². The second-order valence-corrected chi connectivity index (χ2v) is 7.90. The number of pyridine rings is 1. The van der Waals surface area contributed by atoms with E-state index in [0.717, 1.165) is 5.56 Å². The van der Waals surface area contributed by atoms with Gasteiger partial charge < -0.3 is 18.6 Å². The number of anilines is 1. The van der Waals surface area contributed by atoms with Gasteiger partial charge in [0, 0.05) is 6.20 Å². The number of aryl methyl sites for hydroxylation is 1. The molecule has 172 valence electrons. The molecular formula is C26H22N2O6. The highest BCUT2D eigenvalue weighted by Gasteiger charge is 2.45. The molecule has 3 heterocycles. The topological polar surface area (TPSA) is 91.1 Å². The van der Waals surface area contributed by atoms with Crippen molar-refractivity contribution in [2.75, 3.05) is 26.2 Å². The zero-order chi connectivity index (χ0) is 24.0. The van der Waals surface area contributed by atoms with Crippen LogP contribution in [0.25, 0.3) is 11.0 Å². The van der Waals surface area contributed by atoms with E-state index in [9.17, 15) is 9.59 Å². The molecule has 34 heavy (non-hydrogen) atoms. The Labute approximate surface area is 195 Å². The molecule has 1 aliphatic rings. The average molecular weight is 458 g/mol. The van der Waals surface area contributed by atoms with Gasteiger partial charge in [-0.05, 0) is 54.4 Å². The summed E-state index contributed by atoms with van der Waals surface area (Å²) in [6, 6.07) is 13.1. The summed E-state index contributed by atoms with van der Waals surface area (Å²) in [7, 11) is 4.53. The molecule has 0 fully saturated rings. The van der Waals surface area contributed by atoms with Gasteiger partial charge in [-0.3, -0.25) is 14.5 Å². The van der Waals surface area contributed by atoms with Crippen LogP contribution in [0.15, 0.2) is 63.9 Å². The van der Waals surface area contributed by atoms with Crippen molar-refractivity contribution in [2.24, 2.45) is 0 Å². The molecule has 0 unspecified atom stereocenters. The molecule has 0 radical (unpaired) electrons. The maximum Gasteiger partial charge on any atom is 0.296 e. The third kappa shape index (κ3) is 3.18. The normalized spacial score (nSPS) is 14.9. The lowest BCUT2D eigenvalue weighted by Gasteiger charge is -2.25. The Morgan fingerprint density at radius 2 is 1.65 bits per heavy atom. The number of benzene rings is 2. The van der Waals surface area contributed by atoms with E-state index in [0.29, 0.717) is 39.6 Å². The second kappa shape index (κ2) is 8.22. The number of methoxy groups -OCH3 is 3. The van der Waals surface area contributed by atoms with Crippen LogP contribution in [0.1, 0.15) is 33.3 Å². The second-order valence-electron chi connectivity index (χ2n) is 7.90. The largest absolute Gasteiger partial charge is 0.493 e. The average Bonchev–Trinajstić information content (AvgIpc) is 3.15. The summed E-state index contributed by atoms with van der Waals surface area (Å²) in [6.07, 6.45) is 1.62. The summed E-state index contributed by atoms with van der Waals surface area (Å²) in [6.45, 7) is 1.91. The molecule has 1 amide bonds. The van der Waals surface area contributed by atoms with Gasteiger partial charge in [0.2, 0.25) is 11.5 Å². The van der Waals surface area contributed by atoms with E-state index in [4.69, 9.17) is 18.6 Å². The predicted molar refractivity (Wildman–Crippen MR) is 126 cm³/mol. The molecule has 0 bridgehead atoms. The minimum absolute atomic E-state index is 0.00856. The number of amides is 1. The van der Waals surface area contributed by atoms with Gasteiger partial charge in [0.15, 0.2) is 16.9 Å². The van der Waals surface area contributed by atoms with Crippen molar-refractivity contribution < 1.29 is 23.4 Å². The molecule has 0 spiro atoms. The number of carbonyl (C=O) groups is 1. The molecule has 5 rings (SSSR count). The van der Waals surface area contributed by atoms with E-state index in [1.807, 2.05) is 13.0 Å². The first-order valence-corrected chi connectivity index (χ1v) is 10.6. The Morgan fingerprint density at radius 1 is 0.941 bits per heavy atom. The molecule has 1 aliphatic heterocycles. The minimum atomic E-state index is -0.814. The van der Waals surface area contributed by atoms with Gasteiger partial charge in [-0.2, -0.15) is 0 Å². The monoisotopic (exact) mass is 458 g/mol. The molecule has 2 aromatic carbocycles. The van der Waals surface area contributed by atoms with E-state index in [2.05, 4.69) is 4.98 Å². The number of hydrogen-bond acceptors (Lipinski definition) is 7. The SMILES string of the molecule is COc1cc([C@@H]2c3c(oc4ccccc4c3=O)C(=O)N2c2cc(C)ccn2)cc(OC)c1OC. The van der Waals surface area contributed by atoms with Crippen LogP contribution < -0.4 is 24.5 Å². The molecule has 0 saturated carbocycles. The number of carbonyl (C=O) groups excluding carboxylic acids is 1. The van der Waals surface area contributed by atoms with Crippen LogP contribution >= 0.6 is 0 Å². The highest BCUT2D eigenvalue weighted by Crippen LogP contribution is 2.46. The molecule has 0 aliphatic carbocycles. The maximum atomic E-state index is 13.7. The highest BCUT2D eigenvalue weighted by atomic mass is 16.5. The number of aromatic nitrogens is 1. The fourth-order valence-electron chi connectivity index (χ4n) is 4.38. The summed E-state index contributed by atoms with van der Waals surface area (Å²) in [4.78, 5) is 33.3. The van der Waals surface area contributed by atoms with E-state index >= 15 is 0 Å². The van der Waals surface area contributed by atoms with E-state index in [1.54, 1.807) is 48.7 Å². The fraction of sp³-hybridized carbons (Fsp3) is 0.192. The summed E-state index contributed by atoms with van der Waals surface area (Å²) < 4.78 is 22.5. The first kappa shape index (κ1) is 21.5. The zero-order valence-electron chi connectivity index (χ0n) is 19.1. The van der Waals surface area contributed by atoms with E-state index in [1.165, 1.54) is 26.2 Å². The minimum Gasteiger partial charge on any atom is -0.493 e. The van der Waals surface area contributed by atoms with Crippen LogP contribution in [0.2, 0.25) is 0 Å². The van der Waals surface area contributed by atoms with E-state index in [-0.39, 0.29) is 16.8 Å².